The van der Waals surface area contributed by atoms with Crippen LogP contribution in [-0.2, 0) is 7.05 Å². The summed E-state index contributed by atoms with van der Waals surface area (Å²) >= 11 is 0. The SMILES string of the molecule is Cc1c(NC(=O)NCCN2C(=O)c3ccccc3C2=O)c(=O)n(-c2ccccc2)n1C. The number of aromatic nitrogens is 2. The topological polar surface area (TPSA) is 105 Å². The van der Waals surface area contributed by atoms with Crippen molar-refractivity contribution in [1.29, 1.82) is 0 Å². The Morgan fingerprint density at radius 1 is 0.903 bits per heavy atom. The summed E-state index contributed by atoms with van der Waals surface area (Å²) in [6.07, 6.45) is 0. The quantitative estimate of drug-likeness (QED) is 0.616. The third-order valence-corrected chi connectivity index (χ3v) is 5.29. The number of benzene rings is 2. The summed E-state index contributed by atoms with van der Waals surface area (Å²) in [4.78, 5) is 51.0. The van der Waals surface area contributed by atoms with Crippen molar-refractivity contribution in [3.05, 3.63) is 81.8 Å². The largest absolute Gasteiger partial charge is 0.336 e. The standard InChI is InChI=1S/C22H21N5O4/c1-14-18(21(30)27(25(14)2)15-8-4-3-5-9-15)24-22(31)23-12-13-26-19(28)16-10-6-7-11-17(16)20(26)29/h3-11H,12-13H2,1-2H3,(H2,23,24,31). The second-order valence-electron chi connectivity index (χ2n) is 7.12. The first kappa shape index (κ1) is 20.1. The van der Waals surface area contributed by atoms with Crippen molar-refractivity contribution in [3.63, 3.8) is 0 Å². The molecule has 0 fully saturated rings. The van der Waals surface area contributed by atoms with Crippen LogP contribution in [0.5, 0.6) is 0 Å². The third kappa shape index (κ3) is 3.50. The van der Waals surface area contributed by atoms with Gasteiger partial charge in [0.1, 0.15) is 5.69 Å². The van der Waals surface area contributed by atoms with Crippen molar-refractivity contribution < 1.29 is 14.4 Å². The van der Waals surface area contributed by atoms with E-state index in [9.17, 15) is 19.2 Å². The molecule has 2 aromatic carbocycles. The van der Waals surface area contributed by atoms with E-state index in [1.54, 1.807) is 55.1 Å². The number of para-hydroxylation sites is 1. The summed E-state index contributed by atoms with van der Waals surface area (Å²) in [6, 6.07) is 15.1. The van der Waals surface area contributed by atoms with E-state index < -0.39 is 6.03 Å². The van der Waals surface area contributed by atoms with E-state index >= 15 is 0 Å². The Hall–Kier alpha value is -4.14. The van der Waals surface area contributed by atoms with Gasteiger partial charge in [-0.3, -0.25) is 24.0 Å². The van der Waals surface area contributed by atoms with Crippen LogP contribution in [0.4, 0.5) is 10.5 Å². The molecule has 0 saturated carbocycles. The van der Waals surface area contributed by atoms with Gasteiger partial charge in [0.15, 0.2) is 0 Å². The lowest BCUT2D eigenvalue weighted by molar-refractivity contribution is 0.0656. The predicted octanol–water partition coefficient (Wildman–Crippen LogP) is 1.90. The zero-order valence-corrected chi connectivity index (χ0v) is 17.1. The summed E-state index contributed by atoms with van der Waals surface area (Å²) in [5, 5.41) is 5.18. The molecule has 0 radical (unpaired) electrons. The van der Waals surface area contributed by atoms with E-state index in [2.05, 4.69) is 10.6 Å². The molecule has 1 aliphatic rings. The minimum absolute atomic E-state index is 0.0295. The number of hydrogen-bond donors (Lipinski definition) is 2. The zero-order chi connectivity index (χ0) is 22.1. The molecule has 0 unspecified atom stereocenters. The van der Waals surface area contributed by atoms with Crippen molar-refractivity contribution in [2.45, 2.75) is 6.92 Å². The molecule has 4 rings (SSSR count). The van der Waals surface area contributed by atoms with Crippen molar-refractivity contribution >= 4 is 23.5 Å². The molecular weight excluding hydrogens is 398 g/mol. The molecular formula is C22H21N5O4. The van der Waals surface area contributed by atoms with Gasteiger partial charge in [0.05, 0.1) is 22.5 Å². The average molecular weight is 419 g/mol. The molecule has 2 heterocycles. The summed E-state index contributed by atoms with van der Waals surface area (Å²) in [6.45, 7) is 1.81. The van der Waals surface area contributed by atoms with E-state index in [1.807, 2.05) is 18.2 Å². The fourth-order valence-corrected chi connectivity index (χ4v) is 3.59. The van der Waals surface area contributed by atoms with E-state index in [4.69, 9.17) is 0 Å². The van der Waals surface area contributed by atoms with E-state index in [0.29, 0.717) is 22.5 Å². The number of carbonyl (C=O) groups is 3. The Morgan fingerprint density at radius 3 is 2.10 bits per heavy atom. The number of anilines is 1. The molecule has 1 aliphatic heterocycles. The van der Waals surface area contributed by atoms with Crippen LogP contribution in [0.2, 0.25) is 0 Å². The van der Waals surface area contributed by atoms with Crippen LogP contribution in [0, 0.1) is 6.92 Å². The average Bonchev–Trinajstić information content (AvgIpc) is 3.14. The van der Waals surface area contributed by atoms with Crippen molar-refractivity contribution in [2.24, 2.45) is 7.05 Å². The van der Waals surface area contributed by atoms with Gasteiger partial charge >= 0.3 is 6.03 Å². The Morgan fingerprint density at radius 2 is 1.48 bits per heavy atom. The molecule has 158 valence electrons. The molecule has 0 spiro atoms. The zero-order valence-electron chi connectivity index (χ0n) is 17.1. The monoisotopic (exact) mass is 419 g/mol. The number of nitrogens with one attached hydrogen (secondary N) is 2. The van der Waals surface area contributed by atoms with Gasteiger partial charge in [0.2, 0.25) is 0 Å². The van der Waals surface area contributed by atoms with Gasteiger partial charge in [0.25, 0.3) is 17.4 Å². The van der Waals surface area contributed by atoms with Crippen molar-refractivity contribution in [2.75, 3.05) is 18.4 Å². The number of carbonyl (C=O) groups excluding carboxylic acids is 3. The van der Waals surface area contributed by atoms with E-state index in [1.165, 1.54) is 4.68 Å². The maximum Gasteiger partial charge on any atom is 0.319 e. The van der Waals surface area contributed by atoms with Crippen LogP contribution in [0.1, 0.15) is 26.4 Å². The number of imide groups is 1. The van der Waals surface area contributed by atoms with Crippen LogP contribution in [-0.4, -0.2) is 45.2 Å². The minimum Gasteiger partial charge on any atom is -0.336 e. The molecule has 0 atom stereocenters. The van der Waals surface area contributed by atoms with Gasteiger partial charge in [0, 0.05) is 20.1 Å². The highest BCUT2D eigenvalue weighted by Gasteiger charge is 2.34. The van der Waals surface area contributed by atoms with Gasteiger partial charge in [-0.05, 0) is 31.2 Å². The first-order valence-corrected chi connectivity index (χ1v) is 9.74. The van der Waals surface area contributed by atoms with Crippen LogP contribution < -0.4 is 16.2 Å². The third-order valence-electron chi connectivity index (χ3n) is 5.29. The van der Waals surface area contributed by atoms with Crippen LogP contribution in [0.3, 0.4) is 0 Å². The number of fused-ring (bicyclic) bond motifs is 1. The molecule has 0 saturated heterocycles. The van der Waals surface area contributed by atoms with E-state index in [0.717, 1.165) is 4.90 Å². The van der Waals surface area contributed by atoms with Crippen molar-refractivity contribution in [1.82, 2.24) is 19.6 Å². The molecule has 0 bridgehead atoms. The number of hydrogen-bond acceptors (Lipinski definition) is 4. The fourth-order valence-electron chi connectivity index (χ4n) is 3.59. The molecule has 9 heteroatoms. The van der Waals surface area contributed by atoms with Gasteiger partial charge < -0.3 is 10.6 Å². The number of rotatable bonds is 5. The Kier molecular flexibility index (Phi) is 5.16. The lowest BCUT2D eigenvalue weighted by atomic mass is 10.1. The second-order valence-corrected chi connectivity index (χ2v) is 7.12. The Balaban J connectivity index is 1.41. The molecule has 9 nitrogen and oxygen atoms in total. The lowest BCUT2D eigenvalue weighted by Crippen LogP contribution is -2.40. The molecule has 2 N–H and O–H groups in total. The minimum atomic E-state index is -0.595. The van der Waals surface area contributed by atoms with Gasteiger partial charge in [-0.25, -0.2) is 9.48 Å². The number of urea groups is 1. The summed E-state index contributed by atoms with van der Waals surface area (Å²) in [7, 11) is 1.73. The Bertz CT molecular complexity index is 1210. The molecule has 0 aliphatic carbocycles. The van der Waals surface area contributed by atoms with Crippen molar-refractivity contribution in [3.8, 4) is 5.69 Å². The van der Waals surface area contributed by atoms with Gasteiger partial charge in [-0.1, -0.05) is 30.3 Å². The van der Waals surface area contributed by atoms with Gasteiger partial charge in [-0.2, -0.15) is 0 Å². The maximum atomic E-state index is 12.8. The number of nitrogens with zero attached hydrogens (tertiary/aromatic N) is 3. The maximum absolute atomic E-state index is 12.8. The highest BCUT2D eigenvalue weighted by atomic mass is 16.2. The molecule has 3 aromatic rings. The Labute approximate surface area is 177 Å². The lowest BCUT2D eigenvalue weighted by Gasteiger charge is -2.14. The summed E-state index contributed by atoms with van der Waals surface area (Å²) in [5.74, 6) is -0.764. The van der Waals surface area contributed by atoms with E-state index in [-0.39, 0.29) is 36.2 Å². The fraction of sp³-hybridized carbons (Fsp3) is 0.182. The van der Waals surface area contributed by atoms with Crippen LogP contribution in [0.15, 0.2) is 59.4 Å². The highest BCUT2D eigenvalue weighted by Crippen LogP contribution is 2.21. The smallest absolute Gasteiger partial charge is 0.319 e. The first-order chi connectivity index (χ1) is 14.9. The molecule has 1 aromatic heterocycles. The number of amides is 4. The highest BCUT2D eigenvalue weighted by molar-refractivity contribution is 6.21. The predicted molar refractivity (Wildman–Crippen MR) is 115 cm³/mol. The summed E-state index contributed by atoms with van der Waals surface area (Å²) < 4.78 is 3.12. The van der Waals surface area contributed by atoms with Gasteiger partial charge in [-0.15, -0.1) is 0 Å². The molecule has 31 heavy (non-hydrogen) atoms. The first-order valence-electron chi connectivity index (χ1n) is 9.74. The molecule has 4 amide bonds. The van der Waals surface area contributed by atoms with Crippen LogP contribution >= 0.6 is 0 Å². The van der Waals surface area contributed by atoms with Crippen LogP contribution in [0.25, 0.3) is 5.69 Å². The normalized spacial score (nSPS) is 12.8. The summed E-state index contributed by atoms with van der Waals surface area (Å²) in [5.41, 5.74) is 1.78. The second kappa shape index (κ2) is 7.94.